The van der Waals surface area contributed by atoms with Gasteiger partial charge >= 0.3 is 0 Å². The fourth-order valence-electron chi connectivity index (χ4n) is 1.66. The molecular weight excluding hydrogens is 197 g/mol. The van der Waals surface area contributed by atoms with Gasteiger partial charge in [0.2, 0.25) is 5.95 Å². The van der Waals surface area contributed by atoms with E-state index in [0.29, 0.717) is 5.82 Å². The lowest BCUT2D eigenvalue weighted by molar-refractivity contribution is 0.0657. The summed E-state index contributed by atoms with van der Waals surface area (Å²) in [6.45, 7) is 3.56. The number of ether oxygens (including phenoxy) is 1. The third-order valence-corrected chi connectivity index (χ3v) is 2.66. The monoisotopic (exact) mass is 211 g/mol. The Bertz CT molecular complexity index is 339. The normalized spacial score (nSPS) is 19.9. The molecule has 1 N–H and O–H groups in total. The molecule has 0 spiro atoms. The Kier molecular flexibility index (Phi) is 2.81. The largest absolute Gasteiger partial charge is 0.381 e. The Labute approximate surface area is 87.9 Å². The van der Waals surface area contributed by atoms with E-state index >= 15 is 0 Å². The predicted molar refractivity (Wildman–Crippen MR) is 54.1 cm³/mol. The Morgan fingerprint density at radius 1 is 1.40 bits per heavy atom. The number of nitrogens with zero attached hydrogens (tertiary/aromatic N) is 2. The molecule has 1 aromatic heterocycles. The van der Waals surface area contributed by atoms with Crippen LogP contribution >= 0.6 is 0 Å². The Hall–Kier alpha value is -1.23. The van der Waals surface area contributed by atoms with E-state index in [9.17, 15) is 4.39 Å². The summed E-state index contributed by atoms with van der Waals surface area (Å²) in [6.07, 6.45) is 3.03. The summed E-state index contributed by atoms with van der Waals surface area (Å²) >= 11 is 0. The molecule has 0 amide bonds. The molecule has 0 unspecified atom stereocenters. The molecule has 1 fully saturated rings. The van der Waals surface area contributed by atoms with E-state index in [0.717, 1.165) is 26.1 Å². The molecule has 0 atom stereocenters. The third kappa shape index (κ3) is 2.62. The van der Waals surface area contributed by atoms with Gasteiger partial charge < -0.3 is 10.1 Å². The average molecular weight is 211 g/mol. The lowest BCUT2D eigenvalue weighted by atomic mass is 9.92. The van der Waals surface area contributed by atoms with Crippen LogP contribution < -0.4 is 5.32 Å². The first-order valence-electron chi connectivity index (χ1n) is 5.01. The molecule has 15 heavy (non-hydrogen) atoms. The van der Waals surface area contributed by atoms with Crippen LogP contribution in [0.5, 0.6) is 0 Å². The van der Waals surface area contributed by atoms with Crippen LogP contribution in [0.3, 0.4) is 0 Å². The molecule has 0 aliphatic carbocycles. The second-order valence-corrected chi connectivity index (χ2v) is 4.02. The standard InChI is InChI=1S/C10H14FN3O/c1-10(2-4-15-5-3-10)14-9-6-8(11)12-7-13-9/h6-7H,2-5H2,1H3,(H,12,13,14). The van der Waals surface area contributed by atoms with E-state index in [1.54, 1.807) is 0 Å². The highest BCUT2D eigenvalue weighted by Gasteiger charge is 2.27. The van der Waals surface area contributed by atoms with Crippen LogP contribution in [0, 0.1) is 5.95 Å². The maximum Gasteiger partial charge on any atom is 0.217 e. The third-order valence-electron chi connectivity index (χ3n) is 2.66. The van der Waals surface area contributed by atoms with Crippen molar-refractivity contribution in [3.05, 3.63) is 18.3 Å². The van der Waals surface area contributed by atoms with Crippen molar-refractivity contribution >= 4 is 5.82 Å². The highest BCUT2D eigenvalue weighted by atomic mass is 19.1. The zero-order valence-corrected chi connectivity index (χ0v) is 8.66. The second kappa shape index (κ2) is 4.10. The van der Waals surface area contributed by atoms with E-state index in [1.807, 2.05) is 0 Å². The van der Waals surface area contributed by atoms with Gasteiger partial charge in [-0.15, -0.1) is 0 Å². The van der Waals surface area contributed by atoms with Gasteiger partial charge in [0.15, 0.2) is 0 Å². The minimum atomic E-state index is -0.511. The lowest BCUT2D eigenvalue weighted by Crippen LogP contribution is -2.40. The number of aromatic nitrogens is 2. The summed E-state index contributed by atoms with van der Waals surface area (Å²) in [5.41, 5.74) is -0.0565. The zero-order valence-electron chi connectivity index (χ0n) is 8.66. The summed E-state index contributed by atoms with van der Waals surface area (Å²) in [7, 11) is 0. The van der Waals surface area contributed by atoms with Gasteiger partial charge in [0.25, 0.3) is 0 Å². The van der Waals surface area contributed by atoms with Gasteiger partial charge in [-0.3, -0.25) is 0 Å². The van der Waals surface area contributed by atoms with Crippen LogP contribution in [-0.2, 0) is 4.74 Å². The van der Waals surface area contributed by atoms with Crippen LogP contribution in [-0.4, -0.2) is 28.7 Å². The van der Waals surface area contributed by atoms with Gasteiger partial charge in [-0.2, -0.15) is 4.39 Å². The van der Waals surface area contributed by atoms with Crippen molar-refractivity contribution in [2.24, 2.45) is 0 Å². The molecule has 0 aromatic carbocycles. The Morgan fingerprint density at radius 3 is 2.80 bits per heavy atom. The van der Waals surface area contributed by atoms with Crippen molar-refractivity contribution in [3.8, 4) is 0 Å². The predicted octanol–water partition coefficient (Wildman–Crippen LogP) is 1.60. The zero-order chi connectivity index (χ0) is 10.7. The van der Waals surface area contributed by atoms with Crippen molar-refractivity contribution < 1.29 is 9.13 Å². The maximum absolute atomic E-state index is 12.8. The molecule has 0 radical (unpaired) electrons. The van der Waals surface area contributed by atoms with Gasteiger partial charge in [0, 0.05) is 24.8 Å². The number of hydrogen-bond acceptors (Lipinski definition) is 4. The number of rotatable bonds is 2. The van der Waals surface area contributed by atoms with Crippen LogP contribution in [0.15, 0.2) is 12.4 Å². The first-order chi connectivity index (χ1) is 7.18. The molecule has 1 saturated heterocycles. The summed E-state index contributed by atoms with van der Waals surface area (Å²) in [5, 5.41) is 3.23. The van der Waals surface area contributed by atoms with Gasteiger partial charge in [-0.1, -0.05) is 0 Å². The molecule has 5 heteroatoms. The van der Waals surface area contributed by atoms with Crippen molar-refractivity contribution in [2.75, 3.05) is 18.5 Å². The number of anilines is 1. The van der Waals surface area contributed by atoms with Crippen molar-refractivity contribution in [2.45, 2.75) is 25.3 Å². The molecular formula is C10H14FN3O. The van der Waals surface area contributed by atoms with Gasteiger partial charge in [0.05, 0.1) is 0 Å². The molecule has 1 aliphatic rings. The average Bonchev–Trinajstić information content (AvgIpc) is 2.18. The molecule has 4 nitrogen and oxygen atoms in total. The molecule has 0 bridgehead atoms. The van der Waals surface area contributed by atoms with Gasteiger partial charge in [0.1, 0.15) is 12.1 Å². The minimum Gasteiger partial charge on any atom is -0.381 e. The molecule has 1 aliphatic heterocycles. The number of hydrogen-bond donors (Lipinski definition) is 1. The first-order valence-corrected chi connectivity index (χ1v) is 5.01. The SMILES string of the molecule is CC1(Nc2cc(F)ncn2)CCOCC1. The van der Waals surface area contributed by atoms with Crippen molar-refractivity contribution in [3.63, 3.8) is 0 Å². The fourth-order valence-corrected chi connectivity index (χ4v) is 1.66. The summed E-state index contributed by atoms with van der Waals surface area (Å²) in [6, 6.07) is 1.31. The van der Waals surface area contributed by atoms with Crippen LogP contribution in [0.25, 0.3) is 0 Å². The van der Waals surface area contributed by atoms with E-state index in [4.69, 9.17) is 4.74 Å². The van der Waals surface area contributed by atoms with Crippen LogP contribution in [0.4, 0.5) is 10.2 Å². The first kappa shape index (κ1) is 10.3. The van der Waals surface area contributed by atoms with Crippen molar-refractivity contribution in [1.82, 2.24) is 9.97 Å². The maximum atomic E-state index is 12.8. The highest BCUT2D eigenvalue weighted by Crippen LogP contribution is 2.24. The van der Waals surface area contributed by atoms with Crippen LogP contribution in [0.1, 0.15) is 19.8 Å². The number of nitrogens with one attached hydrogen (secondary N) is 1. The smallest absolute Gasteiger partial charge is 0.217 e. The van der Waals surface area contributed by atoms with E-state index in [1.165, 1.54) is 12.4 Å². The van der Waals surface area contributed by atoms with Gasteiger partial charge in [-0.05, 0) is 19.8 Å². The molecule has 0 saturated carbocycles. The summed E-state index contributed by atoms with van der Waals surface area (Å²) < 4.78 is 18.1. The molecule has 1 aromatic rings. The van der Waals surface area contributed by atoms with E-state index < -0.39 is 5.95 Å². The summed E-state index contributed by atoms with van der Waals surface area (Å²) in [4.78, 5) is 7.39. The van der Waals surface area contributed by atoms with Crippen molar-refractivity contribution in [1.29, 1.82) is 0 Å². The Morgan fingerprint density at radius 2 is 2.13 bits per heavy atom. The summed E-state index contributed by atoms with van der Waals surface area (Å²) in [5.74, 6) is 0.0232. The van der Waals surface area contributed by atoms with E-state index in [-0.39, 0.29) is 5.54 Å². The molecule has 2 heterocycles. The Balaban J connectivity index is 2.06. The topological polar surface area (TPSA) is 47.0 Å². The van der Waals surface area contributed by atoms with Gasteiger partial charge in [-0.25, -0.2) is 9.97 Å². The van der Waals surface area contributed by atoms with Crippen LogP contribution in [0.2, 0.25) is 0 Å². The lowest BCUT2D eigenvalue weighted by Gasteiger charge is -2.34. The fraction of sp³-hybridized carbons (Fsp3) is 0.600. The van der Waals surface area contributed by atoms with E-state index in [2.05, 4.69) is 22.2 Å². The molecule has 82 valence electrons. The minimum absolute atomic E-state index is 0.0565. The molecule has 2 rings (SSSR count). The highest BCUT2D eigenvalue weighted by molar-refractivity contribution is 5.35. The quantitative estimate of drug-likeness (QED) is 0.755. The second-order valence-electron chi connectivity index (χ2n) is 4.02. The number of halogens is 1.